The van der Waals surface area contributed by atoms with Crippen LogP contribution in [0.3, 0.4) is 0 Å². The number of nitrogens with zero attached hydrogens (tertiary/aromatic N) is 3. The van der Waals surface area contributed by atoms with E-state index in [-0.39, 0.29) is 11.9 Å². The predicted molar refractivity (Wildman–Crippen MR) is 129 cm³/mol. The SMILES string of the molecule is Cc1cccc2ccnc(N(C(=O)c3ccc(N4CCOCC4)cc3)C3CCCNC3)c12. The third kappa shape index (κ3) is 4.08. The van der Waals surface area contributed by atoms with Crippen molar-refractivity contribution in [2.45, 2.75) is 25.8 Å². The number of rotatable bonds is 4. The van der Waals surface area contributed by atoms with Gasteiger partial charge < -0.3 is 15.0 Å². The van der Waals surface area contributed by atoms with E-state index in [0.717, 1.165) is 80.1 Å². The second-order valence-electron chi connectivity index (χ2n) is 8.63. The van der Waals surface area contributed by atoms with E-state index >= 15 is 0 Å². The molecular formula is C26H30N4O2. The normalized spacial score (nSPS) is 19.2. The third-order valence-electron chi connectivity index (χ3n) is 6.55. The monoisotopic (exact) mass is 430 g/mol. The highest BCUT2D eigenvalue weighted by molar-refractivity contribution is 6.10. The quantitative estimate of drug-likeness (QED) is 0.683. The average molecular weight is 431 g/mol. The number of carbonyl (C=O) groups excluding carboxylic acids is 1. The molecule has 6 nitrogen and oxygen atoms in total. The van der Waals surface area contributed by atoms with Crippen LogP contribution in [0, 0.1) is 6.92 Å². The molecule has 1 atom stereocenters. The summed E-state index contributed by atoms with van der Waals surface area (Å²) in [7, 11) is 0. The molecule has 2 saturated heterocycles. The Morgan fingerprint density at radius 2 is 1.94 bits per heavy atom. The van der Waals surface area contributed by atoms with Gasteiger partial charge in [-0.15, -0.1) is 0 Å². The number of benzene rings is 2. The summed E-state index contributed by atoms with van der Waals surface area (Å²) in [5, 5.41) is 5.63. The average Bonchev–Trinajstić information content (AvgIpc) is 2.86. The van der Waals surface area contributed by atoms with E-state index in [0.29, 0.717) is 5.56 Å². The van der Waals surface area contributed by atoms with Crippen LogP contribution in [0.15, 0.2) is 54.7 Å². The Kier molecular flexibility index (Phi) is 6.06. The minimum absolute atomic E-state index is 0.00970. The first kappa shape index (κ1) is 20.9. The maximum atomic E-state index is 13.9. The molecule has 2 aromatic carbocycles. The van der Waals surface area contributed by atoms with Crippen LogP contribution in [0.2, 0.25) is 0 Å². The van der Waals surface area contributed by atoms with Gasteiger partial charge in [-0.05, 0) is 67.6 Å². The number of hydrogen-bond donors (Lipinski definition) is 1. The van der Waals surface area contributed by atoms with Gasteiger partial charge >= 0.3 is 0 Å². The number of piperidine rings is 1. The summed E-state index contributed by atoms with van der Waals surface area (Å²) in [6.07, 6.45) is 3.83. The van der Waals surface area contributed by atoms with Crippen molar-refractivity contribution in [3.05, 3.63) is 65.9 Å². The third-order valence-corrected chi connectivity index (χ3v) is 6.55. The fraction of sp³-hybridized carbons (Fsp3) is 0.385. The number of aromatic nitrogens is 1. The van der Waals surface area contributed by atoms with Gasteiger partial charge in [0.15, 0.2) is 0 Å². The highest BCUT2D eigenvalue weighted by Gasteiger charge is 2.30. The molecule has 2 aliphatic rings. The van der Waals surface area contributed by atoms with Crippen LogP contribution in [0.1, 0.15) is 28.8 Å². The highest BCUT2D eigenvalue weighted by atomic mass is 16.5. The van der Waals surface area contributed by atoms with Gasteiger partial charge in [0, 0.05) is 42.5 Å². The first-order valence-electron chi connectivity index (χ1n) is 11.5. The number of aryl methyl sites for hydroxylation is 1. The molecule has 2 aliphatic heterocycles. The zero-order chi connectivity index (χ0) is 21.9. The van der Waals surface area contributed by atoms with Gasteiger partial charge in [-0.25, -0.2) is 4.98 Å². The molecule has 3 aromatic rings. The van der Waals surface area contributed by atoms with E-state index in [2.05, 4.69) is 47.5 Å². The Labute approximate surface area is 189 Å². The molecule has 32 heavy (non-hydrogen) atoms. The molecule has 1 aromatic heterocycles. The standard InChI is InChI=1S/C26H30N4O2/c1-19-4-2-5-20-11-13-28-25(24(19)20)30(23-6-3-12-27-18-23)26(31)21-7-9-22(10-8-21)29-14-16-32-17-15-29/h2,4-5,7-11,13,23,27H,3,6,12,14-18H2,1H3. The van der Waals surface area contributed by atoms with Crippen LogP contribution in [0.25, 0.3) is 10.8 Å². The molecule has 1 amide bonds. The van der Waals surface area contributed by atoms with Crippen LogP contribution >= 0.6 is 0 Å². The molecule has 0 bridgehead atoms. The molecule has 1 unspecified atom stereocenters. The maximum Gasteiger partial charge on any atom is 0.259 e. The van der Waals surface area contributed by atoms with Crippen LogP contribution in [-0.4, -0.2) is 56.3 Å². The van der Waals surface area contributed by atoms with Crippen LogP contribution < -0.4 is 15.1 Å². The van der Waals surface area contributed by atoms with E-state index in [1.807, 2.05) is 29.3 Å². The van der Waals surface area contributed by atoms with Gasteiger partial charge in [-0.3, -0.25) is 9.69 Å². The summed E-state index contributed by atoms with van der Waals surface area (Å²) in [6.45, 7) is 7.12. The maximum absolute atomic E-state index is 13.9. The fourth-order valence-electron chi connectivity index (χ4n) is 4.83. The lowest BCUT2D eigenvalue weighted by atomic mass is 10.0. The largest absolute Gasteiger partial charge is 0.378 e. The minimum Gasteiger partial charge on any atom is -0.378 e. The fourth-order valence-corrected chi connectivity index (χ4v) is 4.83. The van der Waals surface area contributed by atoms with Crippen molar-refractivity contribution < 1.29 is 9.53 Å². The number of hydrogen-bond acceptors (Lipinski definition) is 5. The van der Waals surface area contributed by atoms with Gasteiger partial charge in [0.2, 0.25) is 0 Å². The number of anilines is 2. The summed E-state index contributed by atoms with van der Waals surface area (Å²) in [5.41, 5.74) is 2.96. The van der Waals surface area contributed by atoms with Gasteiger partial charge in [-0.2, -0.15) is 0 Å². The lowest BCUT2D eigenvalue weighted by molar-refractivity contribution is 0.0971. The van der Waals surface area contributed by atoms with E-state index < -0.39 is 0 Å². The van der Waals surface area contributed by atoms with Crippen molar-refractivity contribution in [2.75, 3.05) is 49.2 Å². The summed E-state index contributed by atoms with van der Waals surface area (Å²) in [4.78, 5) is 22.9. The second-order valence-corrected chi connectivity index (χ2v) is 8.63. The Hall–Kier alpha value is -2.96. The molecule has 0 aliphatic carbocycles. The molecule has 3 heterocycles. The lowest BCUT2D eigenvalue weighted by Gasteiger charge is -2.35. The van der Waals surface area contributed by atoms with Gasteiger partial charge in [0.25, 0.3) is 5.91 Å². The van der Waals surface area contributed by atoms with E-state index in [4.69, 9.17) is 9.72 Å². The Balaban J connectivity index is 1.52. The Bertz CT molecular complexity index is 1080. The topological polar surface area (TPSA) is 57.7 Å². The van der Waals surface area contributed by atoms with Crippen molar-refractivity contribution >= 4 is 28.2 Å². The first-order chi connectivity index (χ1) is 15.7. The summed E-state index contributed by atoms with van der Waals surface area (Å²) in [5.74, 6) is 0.770. The zero-order valence-corrected chi connectivity index (χ0v) is 18.6. The lowest BCUT2D eigenvalue weighted by Crippen LogP contribution is -2.49. The molecule has 1 N–H and O–H groups in total. The van der Waals surface area contributed by atoms with Crippen molar-refractivity contribution in [3.8, 4) is 0 Å². The smallest absolute Gasteiger partial charge is 0.259 e. The molecule has 0 radical (unpaired) electrons. The van der Waals surface area contributed by atoms with Gasteiger partial charge in [0.1, 0.15) is 5.82 Å². The first-order valence-corrected chi connectivity index (χ1v) is 11.5. The van der Waals surface area contributed by atoms with Crippen LogP contribution in [-0.2, 0) is 4.74 Å². The molecule has 5 rings (SSSR count). The van der Waals surface area contributed by atoms with E-state index in [9.17, 15) is 4.79 Å². The zero-order valence-electron chi connectivity index (χ0n) is 18.6. The number of carbonyl (C=O) groups is 1. The summed E-state index contributed by atoms with van der Waals surface area (Å²) < 4.78 is 5.46. The van der Waals surface area contributed by atoms with Crippen LogP contribution in [0.4, 0.5) is 11.5 Å². The van der Waals surface area contributed by atoms with Gasteiger partial charge in [0.05, 0.1) is 19.3 Å². The van der Waals surface area contributed by atoms with Crippen molar-refractivity contribution in [3.63, 3.8) is 0 Å². The minimum atomic E-state index is 0.00970. The number of morpholine rings is 1. The number of fused-ring (bicyclic) bond motifs is 1. The van der Waals surface area contributed by atoms with E-state index in [1.54, 1.807) is 0 Å². The molecule has 0 spiro atoms. The molecule has 0 saturated carbocycles. The molecular weight excluding hydrogens is 400 g/mol. The van der Waals surface area contributed by atoms with Crippen molar-refractivity contribution in [1.29, 1.82) is 0 Å². The number of amides is 1. The number of pyridine rings is 1. The number of nitrogens with one attached hydrogen (secondary N) is 1. The summed E-state index contributed by atoms with van der Waals surface area (Å²) in [6, 6.07) is 16.3. The number of ether oxygens (including phenoxy) is 1. The molecule has 6 heteroatoms. The van der Waals surface area contributed by atoms with E-state index in [1.165, 1.54) is 0 Å². The summed E-state index contributed by atoms with van der Waals surface area (Å²) >= 11 is 0. The highest BCUT2D eigenvalue weighted by Crippen LogP contribution is 2.31. The molecule has 2 fully saturated rings. The second kappa shape index (κ2) is 9.27. The van der Waals surface area contributed by atoms with Crippen molar-refractivity contribution in [2.24, 2.45) is 0 Å². The molecule has 166 valence electrons. The van der Waals surface area contributed by atoms with Crippen molar-refractivity contribution in [1.82, 2.24) is 10.3 Å². The van der Waals surface area contributed by atoms with Gasteiger partial charge in [-0.1, -0.05) is 18.2 Å². The Morgan fingerprint density at radius 1 is 1.12 bits per heavy atom. The Morgan fingerprint density at radius 3 is 2.69 bits per heavy atom. The predicted octanol–water partition coefficient (Wildman–Crippen LogP) is 3.78. The van der Waals surface area contributed by atoms with Crippen LogP contribution in [0.5, 0.6) is 0 Å².